The molecule has 1 heterocycles. The van der Waals surface area contributed by atoms with Crippen molar-refractivity contribution in [2.75, 3.05) is 0 Å². The number of alkyl halides is 6. The number of fused-ring (bicyclic) bond motifs is 1. The van der Waals surface area contributed by atoms with E-state index in [0.29, 0.717) is 12.1 Å². The Labute approximate surface area is 116 Å². The Morgan fingerprint density at radius 1 is 1.09 bits per heavy atom. The maximum absolute atomic E-state index is 13.0. The molecule has 0 amide bonds. The Morgan fingerprint density at radius 3 is 2.18 bits per heavy atom. The van der Waals surface area contributed by atoms with Crippen molar-refractivity contribution in [2.24, 2.45) is 0 Å². The van der Waals surface area contributed by atoms with Crippen molar-refractivity contribution < 1.29 is 40.7 Å². The molecule has 0 unspecified atom stereocenters. The second-order valence-electron chi connectivity index (χ2n) is 4.14. The van der Waals surface area contributed by atoms with Gasteiger partial charge in [0.25, 0.3) is 5.78 Å². The number of Topliss-reactive ketones (excluding diaryl/α,β-unsaturated/α-hetero) is 1. The Bertz CT molecular complexity index is 815. The second-order valence-corrected chi connectivity index (χ2v) is 4.14. The van der Waals surface area contributed by atoms with Crippen LogP contribution in [0.25, 0.3) is 11.0 Å². The fourth-order valence-electron chi connectivity index (χ4n) is 1.83. The molecule has 1 N–H and O–H groups in total. The molecule has 4 nitrogen and oxygen atoms in total. The molecule has 22 heavy (non-hydrogen) atoms. The molecule has 0 atom stereocenters. The Hall–Kier alpha value is -2.52. The molecule has 0 aliphatic carbocycles. The summed E-state index contributed by atoms with van der Waals surface area (Å²) in [5.41, 5.74) is -7.08. The molecule has 118 valence electrons. The molecule has 0 radical (unpaired) electrons. The molecule has 2 aromatic rings. The van der Waals surface area contributed by atoms with Gasteiger partial charge in [-0.05, 0) is 12.1 Å². The van der Waals surface area contributed by atoms with Crippen LogP contribution in [0.5, 0.6) is 5.75 Å². The number of carbonyl (C=O) groups is 1. The summed E-state index contributed by atoms with van der Waals surface area (Å²) in [5.74, 6) is -3.53. The van der Waals surface area contributed by atoms with E-state index < -0.39 is 51.6 Å². The van der Waals surface area contributed by atoms with E-state index in [0.717, 1.165) is 6.07 Å². The molecule has 0 saturated carbocycles. The van der Waals surface area contributed by atoms with Crippen molar-refractivity contribution in [1.82, 2.24) is 0 Å². The minimum atomic E-state index is -5.68. The average molecular weight is 326 g/mol. The fraction of sp³-hybridized carbons (Fsp3) is 0.167. The van der Waals surface area contributed by atoms with Crippen LogP contribution in [-0.4, -0.2) is 17.1 Å². The van der Waals surface area contributed by atoms with Gasteiger partial charge >= 0.3 is 18.0 Å². The fourth-order valence-corrected chi connectivity index (χ4v) is 1.83. The SMILES string of the molecule is O=C(c1c(C(F)(F)F)c2ccc(O)cc2oc1=O)C(F)(F)F. The van der Waals surface area contributed by atoms with Gasteiger partial charge in [-0.25, -0.2) is 4.79 Å². The van der Waals surface area contributed by atoms with Gasteiger partial charge < -0.3 is 9.52 Å². The van der Waals surface area contributed by atoms with Gasteiger partial charge in [-0.2, -0.15) is 26.3 Å². The first-order valence-corrected chi connectivity index (χ1v) is 5.41. The van der Waals surface area contributed by atoms with Gasteiger partial charge in [0.05, 0.1) is 5.56 Å². The van der Waals surface area contributed by atoms with Crippen molar-refractivity contribution in [3.63, 3.8) is 0 Å². The third kappa shape index (κ3) is 2.63. The third-order valence-electron chi connectivity index (χ3n) is 2.66. The minimum Gasteiger partial charge on any atom is -0.508 e. The first kappa shape index (κ1) is 15.9. The van der Waals surface area contributed by atoms with Crippen molar-refractivity contribution in [1.29, 1.82) is 0 Å². The molecule has 0 aliphatic rings. The number of hydrogen-bond acceptors (Lipinski definition) is 4. The summed E-state index contributed by atoms with van der Waals surface area (Å²) < 4.78 is 80.7. The van der Waals surface area contributed by atoms with Gasteiger partial charge in [0.2, 0.25) is 0 Å². The summed E-state index contributed by atoms with van der Waals surface area (Å²) >= 11 is 0. The average Bonchev–Trinajstić information content (AvgIpc) is 2.33. The lowest BCUT2D eigenvalue weighted by molar-refractivity contribution is -0.137. The smallest absolute Gasteiger partial charge is 0.455 e. The molecule has 0 bridgehead atoms. The monoisotopic (exact) mass is 326 g/mol. The van der Waals surface area contributed by atoms with E-state index in [9.17, 15) is 35.9 Å². The van der Waals surface area contributed by atoms with Crippen LogP contribution in [0.1, 0.15) is 15.9 Å². The number of benzene rings is 1. The van der Waals surface area contributed by atoms with Gasteiger partial charge in [0.1, 0.15) is 16.9 Å². The van der Waals surface area contributed by atoms with E-state index in [1.165, 1.54) is 0 Å². The van der Waals surface area contributed by atoms with Crippen LogP contribution in [0.2, 0.25) is 0 Å². The number of aromatic hydroxyl groups is 1. The Morgan fingerprint density at radius 2 is 1.68 bits per heavy atom. The van der Waals surface area contributed by atoms with Crippen LogP contribution in [0.3, 0.4) is 0 Å². The van der Waals surface area contributed by atoms with Gasteiger partial charge in [0.15, 0.2) is 0 Å². The quantitative estimate of drug-likeness (QED) is 0.496. The lowest BCUT2D eigenvalue weighted by Crippen LogP contribution is -2.32. The molecule has 0 fully saturated rings. The topological polar surface area (TPSA) is 67.5 Å². The number of ketones is 1. The first-order valence-electron chi connectivity index (χ1n) is 5.41. The predicted molar refractivity (Wildman–Crippen MR) is 59.5 cm³/mol. The number of rotatable bonds is 1. The van der Waals surface area contributed by atoms with Crippen molar-refractivity contribution in [2.45, 2.75) is 12.4 Å². The van der Waals surface area contributed by atoms with Crippen LogP contribution in [0.15, 0.2) is 27.4 Å². The summed E-state index contributed by atoms with van der Waals surface area (Å²) in [7, 11) is 0. The van der Waals surface area contributed by atoms with Gasteiger partial charge in [-0.1, -0.05) is 0 Å². The molecule has 1 aromatic carbocycles. The Kier molecular flexibility index (Phi) is 3.42. The highest BCUT2D eigenvalue weighted by molar-refractivity contribution is 6.04. The second kappa shape index (κ2) is 4.75. The van der Waals surface area contributed by atoms with E-state index in [1.807, 2.05) is 0 Å². The molecule has 0 saturated heterocycles. The van der Waals surface area contributed by atoms with Crippen molar-refractivity contribution >= 4 is 16.8 Å². The molecular weight excluding hydrogens is 322 g/mol. The van der Waals surface area contributed by atoms with Crippen LogP contribution < -0.4 is 5.63 Å². The maximum atomic E-state index is 13.0. The van der Waals surface area contributed by atoms with E-state index in [1.54, 1.807) is 0 Å². The van der Waals surface area contributed by atoms with E-state index in [2.05, 4.69) is 4.42 Å². The number of phenolic OH excluding ortho intramolecular Hbond substituents is 1. The molecule has 0 spiro atoms. The third-order valence-corrected chi connectivity index (χ3v) is 2.66. The Balaban J connectivity index is 2.99. The maximum Gasteiger partial charge on any atom is 0.455 e. The molecule has 1 aromatic heterocycles. The van der Waals surface area contributed by atoms with Crippen LogP contribution in [0.4, 0.5) is 26.3 Å². The molecule has 10 heteroatoms. The highest BCUT2D eigenvalue weighted by atomic mass is 19.4. The summed E-state index contributed by atoms with van der Waals surface area (Å²) in [6.07, 6.45) is -11.1. The van der Waals surface area contributed by atoms with Crippen LogP contribution in [0, 0.1) is 0 Å². The highest BCUT2D eigenvalue weighted by Crippen LogP contribution is 2.38. The van der Waals surface area contributed by atoms with E-state index >= 15 is 0 Å². The first-order chi connectivity index (χ1) is 9.93. The van der Waals surface area contributed by atoms with Crippen LogP contribution in [-0.2, 0) is 6.18 Å². The lowest BCUT2D eigenvalue weighted by atomic mass is 10.0. The minimum absolute atomic E-state index is 0.571. The van der Waals surface area contributed by atoms with Gasteiger partial charge in [-0.15, -0.1) is 0 Å². The molecular formula is C12H4F6O4. The zero-order valence-electron chi connectivity index (χ0n) is 10.2. The number of carbonyl (C=O) groups excluding carboxylic acids is 1. The predicted octanol–water partition coefficient (Wildman–Crippen LogP) is 3.26. The number of halogens is 6. The molecule has 0 aliphatic heterocycles. The van der Waals surface area contributed by atoms with E-state index in [4.69, 9.17) is 5.11 Å². The summed E-state index contributed by atoms with van der Waals surface area (Å²) in [6.45, 7) is 0. The van der Waals surface area contributed by atoms with Crippen molar-refractivity contribution in [3.05, 3.63) is 39.7 Å². The number of hydrogen-bond donors (Lipinski definition) is 1. The zero-order valence-corrected chi connectivity index (χ0v) is 10.2. The summed E-state index contributed by atoms with van der Waals surface area (Å²) in [4.78, 5) is 22.6. The largest absolute Gasteiger partial charge is 0.508 e. The van der Waals surface area contributed by atoms with Crippen LogP contribution >= 0.6 is 0 Å². The van der Waals surface area contributed by atoms with Gasteiger partial charge in [-0.3, -0.25) is 4.79 Å². The standard InChI is InChI=1S/C12H4F6O4/c13-11(14,15)8-5-2-1-4(19)3-6(5)22-10(21)7(8)9(20)12(16,17)18/h1-3,19H. The molecule has 2 rings (SSSR count). The zero-order chi connectivity index (χ0) is 16.9. The van der Waals surface area contributed by atoms with E-state index in [-0.39, 0.29) is 0 Å². The lowest BCUT2D eigenvalue weighted by Gasteiger charge is -2.14. The summed E-state index contributed by atoms with van der Waals surface area (Å²) in [5, 5.41) is 8.19. The van der Waals surface area contributed by atoms with Gasteiger partial charge in [0, 0.05) is 11.5 Å². The van der Waals surface area contributed by atoms with Crippen molar-refractivity contribution in [3.8, 4) is 5.75 Å². The highest BCUT2D eigenvalue weighted by Gasteiger charge is 2.48. The normalized spacial score (nSPS) is 12.6. The summed E-state index contributed by atoms with van der Waals surface area (Å²) in [6, 6.07) is 1.97. The number of phenols is 1.